The zero-order valence-electron chi connectivity index (χ0n) is 17.5. The number of rotatable bonds is 9. The molecule has 0 aliphatic rings. The highest BCUT2D eigenvalue weighted by molar-refractivity contribution is 6.00. The van der Waals surface area contributed by atoms with Crippen LogP contribution in [0.2, 0.25) is 0 Å². The molecule has 3 aromatic rings. The molecule has 3 heteroatoms. The number of para-hydroxylation sites is 1. The molecule has 0 heterocycles. The second kappa shape index (κ2) is 10.5. The van der Waals surface area contributed by atoms with E-state index in [0.29, 0.717) is 19.1 Å². The van der Waals surface area contributed by atoms with Gasteiger partial charge in [-0.15, -0.1) is 0 Å². The lowest BCUT2D eigenvalue weighted by Crippen LogP contribution is -2.09. The molecule has 3 rings (SSSR count). The highest BCUT2D eigenvalue weighted by Crippen LogP contribution is 2.21. The predicted octanol–water partition coefficient (Wildman–Crippen LogP) is 6.51. The highest BCUT2D eigenvalue weighted by Gasteiger charge is 2.08. The summed E-state index contributed by atoms with van der Waals surface area (Å²) in [5.74, 6) is 1.38. The first-order chi connectivity index (χ1) is 14.1. The molecule has 0 unspecified atom stereocenters. The molecule has 0 fully saturated rings. The van der Waals surface area contributed by atoms with Crippen LogP contribution in [0.1, 0.15) is 31.4 Å². The van der Waals surface area contributed by atoms with Crippen LogP contribution >= 0.6 is 0 Å². The standard InChI is InChI=1S/C26H29NO2/c1-20(2)19-25(27-29-18-17-28-26-12-8-7-9-21(26)3)24-15-13-23(14-16-24)22-10-5-4-6-11-22/h4-16,20H,17-19H2,1-3H3. The lowest BCUT2D eigenvalue weighted by Gasteiger charge is -2.11. The van der Waals surface area contributed by atoms with Crippen molar-refractivity contribution in [3.8, 4) is 16.9 Å². The van der Waals surface area contributed by atoms with Crippen LogP contribution < -0.4 is 4.74 Å². The maximum atomic E-state index is 5.78. The van der Waals surface area contributed by atoms with E-state index in [0.717, 1.165) is 29.0 Å². The number of hydrogen-bond donors (Lipinski definition) is 0. The van der Waals surface area contributed by atoms with Crippen molar-refractivity contribution in [2.45, 2.75) is 27.2 Å². The molecule has 0 bridgehead atoms. The van der Waals surface area contributed by atoms with E-state index in [-0.39, 0.29) is 0 Å². The Bertz CT molecular complexity index is 915. The molecular formula is C26H29NO2. The fourth-order valence-corrected chi connectivity index (χ4v) is 3.11. The Morgan fingerprint density at radius 1 is 0.793 bits per heavy atom. The Labute approximate surface area is 174 Å². The lowest BCUT2D eigenvalue weighted by atomic mass is 9.98. The SMILES string of the molecule is Cc1ccccc1OCCON=C(CC(C)C)c1ccc(-c2ccccc2)cc1. The zero-order valence-corrected chi connectivity index (χ0v) is 17.5. The summed E-state index contributed by atoms with van der Waals surface area (Å²) in [6.07, 6.45) is 0.864. The van der Waals surface area contributed by atoms with E-state index in [2.05, 4.69) is 67.5 Å². The molecule has 29 heavy (non-hydrogen) atoms. The maximum absolute atomic E-state index is 5.78. The summed E-state index contributed by atoms with van der Waals surface area (Å²) in [4.78, 5) is 5.59. The number of nitrogens with zero attached hydrogens (tertiary/aromatic N) is 1. The fourth-order valence-electron chi connectivity index (χ4n) is 3.11. The molecule has 0 aromatic heterocycles. The van der Waals surface area contributed by atoms with E-state index in [1.54, 1.807) is 0 Å². The van der Waals surface area contributed by atoms with E-state index in [1.165, 1.54) is 11.1 Å². The van der Waals surface area contributed by atoms with Gasteiger partial charge in [-0.3, -0.25) is 0 Å². The van der Waals surface area contributed by atoms with E-state index >= 15 is 0 Å². The van der Waals surface area contributed by atoms with Crippen LogP contribution in [0.5, 0.6) is 5.75 Å². The van der Waals surface area contributed by atoms with Gasteiger partial charge in [-0.1, -0.05) is 91.8 Å². The summed E-state index contributed by atoms with van der Waals surface area (Å²) in [6, 6.07) is 26.9. The molecule has 3 nitrogen and oxygen atoms in total. The first kappa shape index (κ1) is 20.7. The largest absolute Gasteiger partial charge is 0.490 e. The molecule has 0 spiro atoms. The molecule has 3 aromatic carbocycles. The van der Waals surface area contributed by atoms with Gasteiger partial charge in [0.2, 0.25) is 0 Å². The van der Waals surface area contributed by atoms with Gasteiger partial charge >= 0.3 is 0 Å². The monoisotopic (exact) mass is 387 g/mol. The number of ether oxygens (including phenoxy) is 1. The van der Waals surface area contributed by atoms with Gasteiger partial charge in [0.1, 0.15) is 12.4 Å². The van der Waals surface area contributed by atoms with Crippen molar-refractivity contribution in [3.63, 3.8) is 0 Å². The van der Waals surface area contributed by atoms with Gasteiger partial charge in [-0.05, 0) is 47.6 Å². The van der Waals surface area contributed by atoms with Crippen molar-refractivity contribution in [2.75, 3.05) is 13.2 Å². The summed E-state index contributed by atoms with van der Waals surface area (Å²) in [5, 5.41) is 4.43. The second-order valence-corrected chi connectivity index (χ2v) is 7.53. The quantitative estimate of drug-likeness (QED) is 0.238. The molecular weight excluding hydrogens is 358 g/mol. The zero-order chi connectivity index (χ0) is 20.5. The van der Waals surface area contributed by atoms with Gasteiger partial charge in [0, 0.05) is 0 Å². The summed E-state index contributed by atoms with van der Waals surface area (Å²) < 4.78 is 5.78. The van der Waals surface area contributed by atoms with Crippen molar-refractivity contribution in [2.24, 2.45) is 11.1 Å². The van der Waals surface area contributed by atoms with Gasteiger partial charge in [-0.2, -0.15) is 0 Å². The Morgan fingerprint density at radius 2 is 1.45 bits per heavy atom. The minimum absolute atomic E-state index is 0.415. The topological polar surface area (TPSA) is 30.8 Å². The van der Waals surface area contributed by atoms with Crippen LogP contribution in [-0.4, -0.2) is 18.9 Å². The smallest absolute Gasteiger partial charge is 0.151 e. The van der Waals surface area contributed by atoms with Gasteiger partial charge in [0.25, 0.3) is 0 Å². The van der Waals surface area contributed by atoms with E-state index < -0.39 is 0 Å². The predicted molar refractivity (Wildman–Crippen MR) is 120 cm³/mol. The molecule has 0 N–H and O–H groups in total. The van der Waals surface area contributed by atoms with Crippen LogP contribution in [0.3, 0.4) is 0 Å². The van der Waals surface area contributed by atoms with Crippen molar-refractivity contribution >= 4 is 5.71 Å². The third-order valence-corrected chi connectivity index (χ3v) is 4.63. The van der Waals surface area contributed by atoms with Gasteiger partial charge < -0.3 is 9.57 Å². The normalized spacial score (nSPS) is 11.5. The van der Waals surface area contributed by atoms with Crippen LogP contribution in [0, 0.1) is 12.8 Å². The number of oxime groups is 1. The summed E-state index contributed by atoms with van der Waals surface area (Å²) in [5.41, 5.74) is 5.60. The first-order valence-electron chi connectivity index (χ1n) is 10.2. The number of hydrogen-bond acceptors (Lipinski definition) is 3. The molecule has 0 aliphatic carbocycles. The Hall–Kier alpha value is -3.07. The third-order valence-electron chi connectivity index (χ3n) is 4.63. The van der Waals surface area contributed by atoms with Gasteiger partial charge in [0.15, 0.2) is 6.61 Å². The van der Waals surface area contributed by atoms with Gasteiger partial charge in [-0.25, -0.2) is 0 Å². The molecule has 0 amide bonds. The van der Waals surface area contributed by atoms with Gasteiger partial charge in [0.05, 0.1) is 5.71 Å². The minimum Gasteiger partial charge on any atom is -0.490 e. The Morgan fingerprint density at radius 3 is 2.14 bits per heavy atom. The Balaban J connectivity index is 1.62. The van der Waals surface area contributed by atoms with E-state index in [9.17, 15) is 0 Å². The second-order valence-electron chi connectivity index (χ2n) is 7.53. The van der Waals surface area contributed by atoms with Crippen LogP contribution in [0.4, 0.5) is 0 Å². The summed E-state index contributed by atoms with van der Waals surface area (Å²) >= 11 is 0. The average Bonchev–Trinajstić information content (AvgIpc) is 2.74. The van der Waals surface area contributed by atoms with E-state index in [4.69, 9.17) is 9.57 Å². The van der Waals surface area contributed by atoms with Crippen LogP contribution in [0.25, 0.3) is 11.1 Å². The van der Waals surface area contributed by atoms with E-state index in [1.807, 2.05) is 37.3 Å². The fraction of sp³-hybridized carbons (Fsp3) is 0.269. The molecule has 150 valence electrons. The van der Waals surface area contributed by atoms with Crippen molar-refractivity contribution in [1.29, 1.82) is 0 Å². The third kappa shape index (κ3) is 6.21. The van der Waals surface area contributed by atoms with Crippen molar-refractivity contribution in [1.82, 2.24) is 0 Å². The first-order valence-corrected chi connectivity index (χ1v) is 10.2. The molecule has 0 aliphatic heterocycles. The number of benzene rings is 3. The minimum atomic E-state index is 0.415. The average molecular weight is 388 g/mol. The van der Waals surface area contributed by atoms with Crippen molar-refractivity contribution < 1.29 is 9.57 Å². The molecule has 0 atom stereocenters. The Kier molecular flexibility index (Phi) is 7.46. The molecule has 0 saturated carbocycles. The maximum Gasteiger partial charge on any atom is 0.151 e. The summed E-state index contributed by atoms with van der Waals surface area (Å²) in [7, 11) is 0. The van der Waals surface area contributed by atoms with Crippen LogP contribution in [-0.2, 0) is 4.84 Å². The van der Waals surface area contributed by atoms with Crippen molar-refractivity contribution in [3.05, 3.63) is 90.0 Å². The van der Waals surface area contributed by atoms with Crippen LogP contribution in [0.15, 0.2) is 84.0 Å². The lowest BCUT2D eigenvalue weighted by molar-refractivity contribution is 0.106. The number of aryl methyl sites for hydroxylation is 1. The highest BCUT2D eigenvalue weighted by atomic mass is 16.6. The molecule has 0 radical (unpaired) electrons. The molecule has 0 saturated heterocycles. The summed E-state index contributed by atoms with van der Waals surface area (Å²) in [6.45, 7) is 7.30.